The minimum absolute atomic E-state index is 0.0895. The molecule has 3 rings (SSSR count). The van der Waals surface area contributed by atoms with Crippen LogP contribution in [0.3, 0.4) is 0 Å². The second-order valence-electron chi connectivity index (χ2n) is 5.74. The number of hydrogen-bond donors (Lipinski definition) is 2. The van der Waals surface area contributed by atoms with Gasteiger partial charge in [-0.3, -0.25) is 9.39 Å². The molecule has 26 heavy (non-hydrogen) atoms. The van der Waals surface area contributed by atoms with Gasteiger partial charge < -0.3 is 15.4 Å². The Hall–Kier alpha value is -2.61. The lowest BCUT2D eigenvalue weighted by Crippen LogP contribution is -2.42. The molecule has 6 nitrogen and oxygen atoms in total. The number of thiazole rings is 1. The van der Waals surface area contributed by atoms with E-state index in [0.29, 0.717) is 24.8 Å². The number of ether oxygens (including phenoxy) is 1. The molecule has 2 N–H and O–H groups in total. The Morgan fingerprint density at radius 3 is 3.04 bits per heavy atom. The van der Waals surface area contributed by atoms with Gasteiger partial charge >= 0.3 is 0 Å². The van der Waals surface area contributed by atoms with Crippen molar-refractivity contribution >= 4 is 22.3 Å². The molecule has 1 atom stereocenters. The lowest BCUT2D eigenvalue weighted by Gasteiger charge is -2.19. The number of imidazole rings is 1. The monoisotopic (exact) mass is 375 g/mol. The van der Waals surface area contributed by atoms with Crippen LogP contribution in [0.15, 0.2) is 47.0 Å². The number of aliphatic imine (C=N–C) groups is 1. The van der Waals surface area contributed by atoms with Crippen molar-refractivity contribution in [3.05, 3.63) is 53.6 Å². The van der Waals surface area contributed by atoms with E-state index < -0.39 is 0 Å². The molecule has 0 aliphatic rings. The molecule has 1 unspecified atom stereocenters. The fourth-order valence-corrected chi connectivity index (χ4v) is 3.19. The van der Waals surface area contributed by atoms with Crippen molar-refractivity contribution in [3.8, 4) is 5.75 Å². The van der Waals surface area contributed by atoms with E-state index in [0.717, 1.165) is 17.1 Å². The number of benzene rings is 1. The van der Waals surface area contributed by atoms with E-state index in [-0.39, 0.29) is 11.9 Å². The van der Waals surface area contributed by atoms with E-state index in [2.05, 4.69) is 20.6 Å². The third-order valence-electron chi connectivity index (χ3n) is 3.86. The maximum Gasteiger partial charge on any atom is 0.193 e. The van der Waals surface area contributed by atoms with Gasteiger partial charge in [0.05, 0.1) is 18.8 Å². The van der Waals surface area contributed by atoms with Gasteiger partial charge in [-0.05, 0) is 18.6 Å². The van der Waals surface area contributed by atoms with Crippen LogP contribution in [0.1, 0.15) is 19.0 Å². The molecule has 2 aromatic heterocycles. The molecule has 0 fully saturated rings. The minimum atomic E-state index is -0.303. The average Bonchev–Trinajstić information content (AvgIpc) is 3.22. The molecule has 0 spiro atoms. The van der Waals surface area contributed by atoms with Gasteiger partial charge in [-0.1, -0.05) is 13.0 Å². The highest BCUT2D eigenvalue weighted by Gasteiger charge is 2.10. The fourth-order valence-electron chi connectivity index (χ4n) is 2.47. The highest BCUT2D eigenvalue weighted by molar-refractivity contribution is 7.15. The van der Waals surface area contributed by atoms with Crippen molar-refractivity contribution in [2.75, 3.05) is 13.6 Å². The topological polar surface area (TPSA) is 63.0 Å². The number of fused-ring (bicyclic) bond motifs is 1. The molecule has 3 aromatic rings. The predicted molar refractivity (Wildman–Crippen MR) is 102 cm³/mol. The van der Waals surface area contributed by atoms with Crippen LogP contribution in [0.5, 0.6) is 5.75 Å². The summed E-state index contributed by atoms with van der Waals surface area (Å²) in [6.45, 7) is 3.17. The maximum atomic E-state index is 13.3. The van der Waals surface area contributed by atoms with Crippen LogP contribution in [-0.2, 0) is 6.54 Å². The number of nitrogens with zero attached hydrogens (tertiary/aromatic N) is 3. The van der Waals surface area contributed by atoms with Crippen LogP contribution in [0.25, 0.3) is 4.96 Å². The Labute approximate surface area is 155 Å². The number of aromatic nitrogens is 2. The zero-order valence-electron chi connectivity index (χ0n) is 14.8. The molecule has 0 amide bonds. The Kier molecular flexibility index (Phi) is 6.06. The summed E-state index contributed by atoms with van der Waals surface area (Å²) in [6, 6.07) is 6.18. The Balaban J connectivity index is 1.49. The van der Waals surface area contributed by atoms with Crippen LogP contribution < -0.4 is 15.4 Å². The number of hydrogen-bond acceptors (Lipinski definition) is 4. The van der Waals surface area contributed by atoms with Gasteiger partial charge in [0.25, 0.3) is 0 Å². The van der Waals surface area contributed by atoms with E-state index in [9.17, 15) is 4.39 Å². The summed E-state index contributed by atoms with van der Waals surface area (Å²) < 4.78 is 21.1. The van der Waals surface area contributed by atoms with Crippen molar-refractivity contribution in [3.63, 3.8) is 0 Å². The lowest BCUT2D eigenvalue weighted by molar-refractivity contribution is 0.198. The normalized spacial score (nSPS) is 13.0. The summed E-state index contributed by atoms with van der Waals surface area (Å²) in [5.41, 5.74) is 0.947. The Morgan fingerprint density at radius 2 is 2.31 bits per heavy atom. The average molecular weight is 375 g/mol. The zero-order chi connectivity index (χ0) is 18.4. The zero-order valence-corrected chi connectivity index (χ0v) is 15.6. The quantitative estimate of drug-likeness (QED) is 0.492. The molecule has 2 heterocycles. The largest absolute Gasteiger partial charge is 0.489 e. The SMILES string of the molecule is CCC(CNC(=NC)NCc1cn2ccsc2n1)Oc1cccc(F)c1. The number of rotatable bonds is 7. The van der Waals surface area contributed by atoms with E-state index in [1.165, 1.54) is 12.1 Å². The van der Waals surface area contributed by atoms with Crippen molar-refractivity contribution in [2.24, 2.45) is 4.99 Å². The van der Waals surface area contributed by atoms with E-state index in [1.54, 1.807) is 30.5 Å². The van der Waals surface area contributed by atoms with Gasteiger partial charge in [0.15, 0.2) is 10.9 Å². The molecule has 0 bridgehead atoms. The van der Waals surface area contributed by atoms with Crippen LogP contribution in [0, 0.1) is 5.82 Å². The van der Waals surface area contributed by atoms with Crippen LogP contribution in [0.2, 0.25) is 0 Å². The standard InChI is InChI=1S/C18H22FN5OS/c1-3-15(25-16-6-4-5-13(19)9-16)11-22-17(20-2)21-10-14-12-24-7-8-26-18(24)23-14/h4-9,12,15H,3,10-11H2,1-2H3,(H2,20,21,22). The van der Waals surface area contributed by atoms with Crippen molar-refractivity contribution in [1.82, 2.24) is 20.0 Å². The van der Waals surface area contributed by atoms with Gasteiger partial charge in [-0.15, -0.1) is 11.3 Å². The molecule has 0 aliphatic heterocycles. The van der Waals surface area contributed by atoms with Gasteiger partial charge in [0.2, 0.25) is 0 Å². The van der Waals surface area contributed by atoms with Gasteiger partial charge in [0, 0.05) is 30.9 Å². The second-order valence-corrected chi connectivity index (χ2v) is 6.61. The minimum Gasteiger partial charge on any atom is -0.489 e. The highest BCUT2D eigenvalue weighted by atomic mass is 32.1. The third kappa shape index (κ3) is 4.72. The smallest absolute Gasteiger partial charge is 0.193 e. The lowest BCUT2D eigenvalue weighted by atomic mass is 10.2. The van der Waals surface area contributed by atoms with Gasteiger partial charge in [-0.2, -0.15) is 0 Å². The molecule has 1 aromatic carbocycles. The molecule has 138 valence electrons. The fraction of sp³-hybridized carbons (Fsp3) is 0.333. The van der Waals surface area contributed by atoms with E-state index >= 15 is 0 Å². The van der Waals surface area contributed by atoms with Crippen molar-refractivity contribution < 1.29 is 9.13 Å². The molecule has 8 heteroatoms. The summed E-state index contributed by atoms with van der Waals surface area (Å²) in [5.74, 6) is 0.894. The third-order valence-corrected chi connectivity index (χ3v) is 4.63. The van der Waals surface area contributed by atoms with Crippen molar-refractivity contribution in [2.45, 2.75) is 26.0 Å². The summed E-state index contributed by atoms with van der Waals surface area (Å²) in [7, 11) is 1.72. The highest BCUT2D eigenvalue weighted by Crippen LogP contribution is 2.15. The number of halogens is 1. The van der Waals surface area contributed by atoms with Crippen molar-refractivity contribution in [1.29, 1.82) is 0 Å². The molecule has 0 saturated carbocycles. The van der Waals surface area contributed by atoms with Crippen LogP contribution >= 0.6 is 11.3 Å². The Bertz CT molecular complexity index is 847. The van der Waals surface area contributed by atoms with E-state index in [4.69, 9.17) is 4.74 Å². The maximum absolute atomic E-state index is 13.3. The summed E-state index contributed by atoms with van der Waals surface area (Å²) in [5, 5.41) is 8.49. The first-order valence-corrected chi connectivity index (χ1v) is 9.33. The molecular formula is C18H22FN5OS. The summed E-state index contributed by atoms with van der Waals surface area (Å²) in [6.07, 6.45) is 4.68. The second kappa shape index (κ2) is 8.66. The molecule has 0 aliphatic carbocycles. The number of nitrogens with one attached hydrogen (secondary N) is 2. The first kappa shape index (κ1) is 18.2. The summed E-state index contributed by atoms with van der Waals surface area (Å²) in [4.78, 5) is 9.72. The Morgan fingerprint density at radius 1 is 1.42 bits per heavy atom. The number of guanidine groups is 1. The first-order valence-electron chi connectivity index (χ1n) is 8.45. The van der Waals surface area contributed by atoms with Gasteiger partial charge in [-0.25, -0.2) is 9.37 Å². The van der Waals surface area contributed by atoms with Gasteiger partial charge in [0.1, 0.15) is 17.7 Å². The van der Waals surface area contributed by atoms with Crippen LogP contribution in [0.4, 0.5) is 4.39 Å². The molecule has 0 saturated heterocycles. The van der Waals surface area contributed by atoms with Crippen LogP contribution in [-0.4, -0.2) is 35.0 Å². The summed E-state index contributed by atoms with van der Waals surface area (Å²) >= 11 is 1.60. The predicted octanol–water partition coefficient (Wildman–Crippen LogP) is 3.06. The van der Waals surface area contributed by atoms with E-state index in [1.807, 2.05) is 29.1 Å². The molecule has 0 radical (unpaired) electrons. The first-order chi connectivity index (χ1) is 12.7. The molecular weight excluding hydrogens is 353 g/mol.